The average Bonchev–Trinajstić information content (AvgIpc) is 2.58. The molecule has 2 rings (SSSR count). The number of aromatic nitrogens is 2. The summed E-state index contributed by atoms with van der Waals surface area (Å²) in [5.74, 6) is 0.528. The minimum Gasteiger partial charge on any atom is -0.415 e. The number of benzene rings is 1. The van der Waals surface area contributed by atoms with Gasteiger partial charge < -0.3 is 4.42 Å². The molecule has 0 atom stereocenters. The molecule has 6 heteroatoms. The molecule has 1 aromatic carbocycles. The van der Waals surface area contributed by atoms with E-state index in [1.54, 1.807) is 12.1 Å². The van der Waals surface area contributed by atoms with Gasteiger partial charge in [0.05, 0.1) is 16.5 Å². The Hall–Kier alpha value is -0.580. The summed E-state index contributed by atoms with van der Waals surface area (Å²) in [5, 5.41) is 8.57. The second kappa shape index (κ2) is 4.51. The van der Waals surface area contributed by atoms with Crippen LogP contribution in [0.2, 0.25) is 10.0 Å². The van der Waals surface area contributed by atoms with E-state index in [1.807, 2.05) is 6.07 Å². The molecule has 0 saturated heterocycles. The van der Waals surface area contributed by atoms with Crippen molar-refractivity contribution in [3.8, 4) is 0 Å². The van der Waals surface area contributed by atoms with Crippen molar-refractivity contribution in [3.63, 3.8) is 0 Å². The van der Waals surface area contributed by atoms with E-state index < -0.39 is 0 Å². The first-order chi connectivity index (χ1) is 7.15. The summed E-state index contributed by atoms with van der Waals surface area (Å²) < 4.78 is 5.18. The zero-order valence-electron chi connectivity index (χ0n) is 7.38. The lowest BCUT2D eigenvalue weighted by Crippen LogP contribution is -1.88. The number of hydrogen-bond acceptors (Lipinski definition) is 3. The molecule has 15 heavy (non-hydrogen) atoms. The van der Waals surface area contributed by atoms with Crippen molar-refractivity contribution in [2.75, 3.05) is 0 Å². The topological polar surface area (TPSA) is 38.9 Å². The third-order valence-corrected chi connectivity index (χ3v) is 2.84. The van der Waals surface area contributed by atoms with Gasteiger partial charge in [0.15, 0.2) is 0 Å². The lowest BCUT2D eigenvalue weighted by Gasteiger charge is -1.99. The SMILES string of the molecule is Clc1ccc(Cc2nnc(Br)o2)cc1Cl. The Morgan fingerprint density at radius 2 is 2.00 bits per heavy atom. The zero-order chi connectivity index (χ0) is 10.8. The first-order valence-electron chi connectivity index (χ1n) is 4.07. The molecule has 0 N–H and O–H groups in total. The third-order valence-electron chi connectivity index (χ3n) is 1.78. The van der Waals surface area contributed by atoms with Crippen LogP contribution < -0.4 is 0 Å². The molecule has 0 saturated carbocycles. The van der Waals surface area contributed by atoms with Crippen LogP contribution in [0.25, 0.3) is 0 Å². The summed E-state index contributed by atoms with van der Waals surface area (Å²) in [6.45, 7) is 0. The van der Waals surface area contributed by atoms with Crippen LogP contribution in [0.3, 0.4) is 0 Å². The average molecular weight is 308 g/mol. The number of halogens is 3. The minimum absolute atomic E-state index is 0.373. The first kappa shape index (κ1) is 10.9. The van der Waals surface area contributed by atoms with Crippen molar-refractivity contribution in [1.29, 1.82) is 0 Å². The van der Waals surface area contributed by atoms with Crippen molar-refractivity contribution in [2.24, 2.45) is 0 Å². The van der Waals surface area contributed by atoms with Crippen molar-refractivity contribution >= 4 is 39.1 Å². The molecular weight excluding hydrogens is 303 g/mol. The van der Waals surface area contributed by atoms with Gasteiger partial charge in [-0.15, -0.1) is 10.2 Å². The van der Waals surface area contributed by atoms with Crippen LogP contribution in [0.15, 0.2) is 27.4 Å². The second-order valence-electron chi connectivity index (χ2n) is 2.87. The van der Waals surface area contributed by atoms with Gasteiger partial charge >= 0.3 is 0 Å². The fourth-order valence-corrected chi connectivity index (χ4v) is 1.72. The van der Waals surface area contributed by atoms with E-state index in [0.717, 1.165) is 5.56 Å². The second-order valence-corrected chi connectivity index (χ2v) is 4.37. The van der Waals surface area contributed by atoms with Crippen LogP contribution >= 0.6 is 39.1 Å². The fraction of sp³-hybridized carbons (Fsp3) is 0.111. The molecule has 0 bridgehead atoms. The quantitative estimate of drug-likeness (QED) is 0.848. The van der Waals surface area contributed by atoms with Crippen LogP contribution in [0.5, 0.6) is 0 Å². The van der Waals surface area contributed by atoms with Crippen LogP contribution in [0, 0.1) is 0 Å². The van der Waals surface area contributed by atoms with E-state index in [-0.39, 0.29) is 0 Å². The summed E-state index contributed by atoms with van der Waals surface area (Å²) in [6.07, 6.45) is 0.537. The Balaban J connectivity index is 2.21. The highest BCUT2D eigenvalue weighted by Crippen LogP contribution is 2.23. The van der Waals surface area contributed by atoms with Crippen LogP contribution in [0.4, 0.5) is 0 Å². The van der Waals surface area contributed by atoms with Crippen molar-refractivity contribution in [2.45, 2.75) is 6.42 Å². The fourth-order valence-electron chi connectivity index (χ4n) is 1.13. The molecule has 0 spiro atoms. The van der Waals surface area contributed by atoms with Crippen molar-refractivity contribution < 1.29 is 4.42 Å². The molecule has 0 fully saturated rings. The predicted molar refractivity (Wildman–Crippen MR) is 61.3 cm³/mol. The van der Waals surface area contributed by atoms with Gasteiger partial charge in [-0.1, -0.05) is 29.3 Å². The van der Waals surface area contributed by atoms with E-state index >= 15 is 0 Å². The first-order valence-corrected chi connectivity index (χ1v) is 5.62. The van der Waals surface area contributed by atoms with Crippen molar-refractivity contribution in [1.82, 2.24) is 10.2 Å². The molecule has 0 aliphatic rings. The van der Waals surface area contributed by atoms with Gasteiger partial charge in [0.2, 0.25) is 5.89 Å². The Kier molecular flexibility index (Phi) is 3.29. The maximum Gasteiger partial charge on any atom is 0.284 e. The van der Waals surface area contributed by atoms with E-state index in [9.17, 15) is 0 Å². The van der Waals surface area contributed by atoms with E-state index in [4.69, 9.17) is 27.6 Å². The van der Waals surface area contributed by atoms with Gasteiger partial charge in [0, 0.05) is 15.9 Å². The number of rotatable bonds is 2. The van der Waals surface area contributed by atoms with Gasteiger partial charge in [-0.3, -0.25) is 0 Å². The molecule has 0 radical (unpaired) electrons. The number of hydrogen-bond donors (Lipinski definition) is 0. The molecule has 0 unspecified atom stereocenters. The highest BCUT2D eigenvalue weighted by Gasteiger charge is 2.06. The molecular formula is C9H5BrCl2N2O. The standard InChI is InChI=1S/C9H5BrCl2N2O/c10-9-14-13-8(15-9)4-5-1-2-6(11)7(12)3-5/h1-3H,4H2. The summed E-state index contributed by atoms with van der Waals surface area (Å²) in [6, 6.07) is 5.39. The van der Waals surface area contributed by atoms with Gasteiger partial charge in [0.25, 0.3) is 4.80 Å². The molecule has 3 nitrogen and oxygen atoms in total. The summed E-state index contributed by atoms with van der Waals surface area (Å²) in [5.41, 5.74) is 0.973. The molecule has 78 valence electrons. The monoisotopic (exact) mass is 306 g/mol. The minimum atomic E-state index is 0.373. The smallest absolute Gasteiger partial charge is 0.284 e. The molecule has 0 aliphatic carbocycles. The molecule has 1 aromatic heterocycles. The Bertz CT molecular complexity index is 487. The summed E-state index contributed by atoms with van der Waals surface area (Å²) in [7, 11) is 0. The van der Waals surface area contributed by atoms with Gasteiger partial charge in [-0.25, -0.2) is 0 Å². The zero-order valence-corrected chi connectivity index (χ0v) is 10.5. The van der Waals surface area contributed by atoms with Gasteiger partial charge in [-0.2, -0.15) is 0 Å². The molecule has 2 aromatic rings. The van der Waals surface area contributed by atoms with Crippen molar-refractivity contribution in [3.05, 3.63) is 44.5 Å². The molecule has 0 aliphatic heterocycles. The Morgan fingerprint density at radius 3 is 2.60 bits per heavy atom. The molecule has 0 amide bonds. The Morgan fingerprint density at radius 1 is 1.20 bits per heavy atom. The van der Waals surface area contributed by atoms with Crippen LogP contribution in [-0.4, -0.2) is 10.2 Å². The van der Waals surface area contributed by atoms with Crippen LogP contribution in [0.1, 0.15) is 11.5 Å². The van der Waals surface area contributed by atoms with Crippen LogP contribution in [-0.2, 0) is 6.42 Å². The predicted octanol–water partition coefficient (Wildman–Crippen LogP) is 3.73. The van der Waals surface area contributed by atoms with Gasteiger partial charge in [-0.05, 0) is 17.7 Å². The third kappa shape index (κ3) is 2.71. The van der Waals surface area contributed by atoms with E-state index in [0.29, 0.717) is 27.2 Å². The normalized spacial score (nSPS) is 10.6. The largest absolute Gasteiger partial charge is 0.415 e. The lowest BCUT2D eigenvalue weighted by atomic mass is 10.1. The van der Waals surface area contributed by atoms with Gasteiger partial charge in [0.1, 0.15) is 0 Å². The maximum absolute atomic E-state index is 5.88. The number of nitrogens with zero attached hydrogens (tertiary/aromatic N) is 2. The highest BCUT2D eigenvalue weighted by atomic mass is 79.9. The highest BCUT2D eigenvalue weighted by molar-refractivity contribution is 9.10. The van der Waals surface area contributed by atoms with E-state index in [1.165, 1.54) is 0 Å². The van der Waals surface area contributed by atoms with E-state index in [2.05, 4.69) is 26.1 Å². The summed E-state index contributed by atoms with van der Waals surface area (Å²) >= 11 is 14.8. The lowest BCUT2D eigenvalue weighted by molar-refractivity contribution is 0.482. The summed E-state index contributed by atoms with van der Waals surface area (Å²) in [4.78, 5) is 0.373. The Labute approximate surface area is 105 Å². The molecule has 1 heterocycles. The maximum atomic E-state index is 5.88.